The van der Waals surface area contributed by atoms with Gasteiger partial charge >= 0.3 is 6.09 Å². The molecule has 0 bridgehead atoms. The third-order valence-corrected chi connectivity index (χ3v) is 2.38. The van der Waals surface area contributed by atoms with Gasteiger partial charge in [0.25, 0.3) is 0 Å². The van der Waals surface area contributed by atoms with Gasteiger partial charge in [0.2, 0.25) is 0 Å². The van der Waals surface area contributed by atoms with Gasteiger partial charge in [-0.05, 0) is 25.5 Å². The smallest absolute Gasteiger partial charge is 0.411 e. The van der Waals surface area contributed by atoms with Gasteiger partial charge in [-0.3, -0.25) is 5.32 Å². The number of nitrogens with one attached hydrogen (secondary N) is 1. The van der Waals surface area contributed by atoms with E-state index in [0.717, 1.165) is 0 Å². The maximum Gasteiger partial charge on any atom is 0.411 e. The fourth-order valence-electron chi connectivity index (χ4n) is 0.911. The maximum absolute atomic E-state index is 11.2. The van der Waals surface area contributed by atoms with Crippen molar-refractivity contribution in [3.05, 3.63) is 35.2 Å². The molecule has 0 saturated carbocycles. The Labute approximate surface area is 98.3 Å². The van der Waals surface area contributed by atoms with Crippen molar-refractivity contribution in [2.24, 2.45) is 0 Å². The molecular formula is C10H10Cl2NO2. The molecule has 0 spiro atoms. The van der Waals surface area contributed by atoms with Gasteiger partial charge in [-0.15, -0.1) is 0 Å². The van der Waals surface area contributed by atoms with Crippen LogP contribution in [0.1, 0.15) is 6.42 Å². The maximum atomic E-state index is 11.2. The Morgan fingerprint density at radius 3 is 2.87 bits per heavy atom. The molecule has 81 valence electrons. The quantitative estimate of drug-likeness (QED) is 0.882. The van der Waals surface area contributed by atoms with E-state index in [1.807, 2.05) is 0 Å². The summed E-state index contributed by atoms with van der Waals surface area (Å²) in [5.41, 5.74) is 0.429. The highest BCUT2D eigenvalue weighted by molar-refractivity contribution is 6.43. The topological polar surface area (TPSA) is 38.3 Å². The highest BCUT2D eigenvalue weighted by atomic mass is 35.5. The Kier molecular flexibility index (Phi) is 4.72. The number of hydrogen-bond acceptors (Lipinski definition) is 2. The monoisotopic (exact) mass is 246 g/mol. The Morgan fingerprint density at radius 1 is 1.47 bits per heavy atom. The van der Waals surface area contributed by atoms with Crippen LogP contribution in [0, 0.1) is 6.92 Å². The number of amides is 1. The van der Waals surface area contributed by atoms with Gasteiger partial charge in [0, 0.05) is 0 Å². The first-order chi connectivity index (χ1) is 7.15. The van der Waals surface area contributed by atoms with E-state index in [2.05, 4.69) is 12.2 Å². The predicted octanol–water partition coefficient (Wildman–Crippen LogP) is 3.77. The third kappa shape index (κ3) is 3.61. The Hall–Kier alpha value is -0.930. The van der Waals surface area contributed by atoms with E-state index in [-0.39, 0.29) is 6.61 Å². The lowest BCUT2D eigenvalue weighted by Crippen LogP contribution is -2.14. The highest BCUT2D eigenvalue weighted by Crippen LogP contribution is 2.29. The summed E-state index contributed by atoms with van der Waals surface area (Å²) in [6.45, 7) is 3.81. The second-order valence-corrected chi connectivity index (χ2v) is 3.50. The Bertz CT molecular complexity index is 355. The Balaban J connectivity index is 2.64. The van der Waals surface area contributed by atoms with E-state index in [1.165, 1.54) is 0 Å². The summed E-state index contributed by atoms with van der Waals surface area (Å²) >= 11 is 11.6. The molecule has 0 aromatic heterocycles. The van der Waals surface area contributed by atoms with Crippen LogP contribution in [0.25, 0.3) is 0 Å². The van der Waals surface area contributed by atoms with Crippen molar-refractivity contribution in [1.29, 1.82) is 0 Å². The molecule has 3 nitrogen and oxygen atoms in total. The van der Waals surface area contributed by atoms with Gasteiger partial charge in [-0.1, -0.05) is 29.3 Å². The molecular weight excluding hydrogens is 237 g/mol. The van der Waals surface area contributed by atoms with Gasteiger partial charge in [0.1, 0.15) is 0 Å². The third-order valence-electron chi connectivity index (χ3n) is 1.57. The molecule has 0 aliphatic rings. The molecule has 1 radical (unpaired) electrons. The first-order valence-corrected chi connectivity index (χ1v) is 5.07. The number of carbonyl (C=O) groups excluding carboxylic acids is 1. The van der Waals surface area contributed by atoms with Crippen LogP contribution in [0.4, 0.5) is 10.5 Å². The summed E-state index contributed by atoms with van der Waals surface area (Å²) in [5, 5.41) is 3.16. The van der Waals surface area contributed by atoms with Crippen molar-refractivity contribution in [2.45, 2.75) is 6.42 Å². The zero-order valence-corrected chi connectivity index (χ0v) is 9.44. The first-order valence-electron chi connectivity index (χ1n) is 4.32. The molecule has 0 heterocycles. The average molecular weight is 247 g/mol. The first kappa shape index (κ1) is 12.1. The fourth-order valence-corrected chi connectivity index (χ4v) is 1.26. The van der Waals surface area contributed by atoms with Crippen molar-refractivity contribution >= 4 is 35.0 Å². The molecule has 1 aromatic rings. The Morgan fingerprint density at radius 2 is 2.20 bits per heavy atom. The van der Waals surface area contributed by atoms with E-state index in [1.54, 1.807) is 18.2 Å². The van der Waals surface area contributed by atoms with Crippen molar-refractivity contribution in [3.8, 4) is 0 Å². The van der Waals surface area contributed by atoms with Gasteiger partial charge in [-0.2, -0.15) is 0 Å². The SMILES string of the molecule is [CH2]CCOC(=O)Nc1cccc(Cl)c1Cl. The molecule has 1 rings (SSSR count). The number of anilines is 1. The van der Waals surface area contributed by atoms with Gasteiger partial charge in [-0.25, -0.2) is 4.79 Å². The van der Waals surface area contributed by atoms with Gasteiger partial charge < -0.3 is 4.74 Å². The van der Waals surface area contributed by atoms with E-state index in [9.17, 15) is 4.79 Å². The van der Waals surface area contributed by atoms with Crippen molar-refractivity contribution < 1.29 is 9.53 Å². The van der Waals surface area contributed by atoms with E-state index >= 15 is 0 Å². The minimum absolute atomic E-state index is 0.268. The minimum atomic E-state index is -0.567. The van der Waals surface area contributed by atoms with Gasteiger partial charge in [0.15, 0.2) is 0 Å². The highest BCUT2D eigenvalue weighted by Gasteiger charge is 2.08. The summed E-state index contributed by atoms with van der Waals surface area (Å²) in [6.07, 6.45) is -0.0423. The molecule has 0 unspecified atom stereocenters. The van der Waals surface area contributed by atoms with Crippen molar-refractivity contribution in [1.82, 2.24) is 0 Å². The lowest BCUT2D eigenvalue weighted by atomic mass is 10.3. The molecule has 0 aliphatic carbocycles. The summed E-state index contributed by atoms with van der Waals surface area (Å²) in [5.74, 6) is 0. The van der Waals surface area contributed by atoms with Gasteiger partial charge in [0.05, 0.1) is 22.3 Å². The number of hydrogen-bond donors (Lipinski definition) is 1. The number of rotatable bonds is 3. The zero-order valence-electron chi connectivity index (χ0n) is 7.93. The second kappa shape index (κ2) is 5.83. The van der Waals surface area contributed by atoms with Crippen LogP contribution in [0.15, 0.2) is 18.2 Å². The molecule has 15 heavy (non-hydrogen) atoms. The molecule has 0 aliphatic heterocycles. The van der Waals surface area contributed by atoms with Crippen LogP contribution in [0.5, 0.6) is 0 Å². The molecule has 0 saturated heterocycles. The lowest BCUT2D eigenvalue weighted by molar-refractivity contribution is 0.163. The molecule has 5 heteroatoms. The van der Waals surface area contributed by atoms with Crippen LogP contribution < -0.4 is 5.32 Å². The number of benzene rings is 1. The zero-order chi connectivity index (χ0) is 11.3. The number of halogens is 2. The summed E-state index contributed by atoms with van der Waals surface area (Å²) in [4.78, 5) is 11.2. The van der Waals surface area contributed by atoms with E-state index < -0.39 is 6.09 Å². The average Bonchev–Trinajstić information content (AvgIpc) is 2.22. The normalized spacial score (nSPS) is 9.80. The lowest BCUT2D eigenvalue weighted by Gasteiger charge is -2.08. The summed E-state index contributed by atoms with van der Waals surface area (Å²) < 4.78 is 4.78. The number of ether oxygens (including phenoxy) is 1. The van der Waals surface area contributed by atoms with Crippen LogP contribution in [-0.2, 0) is 4.74 Å². The molecule has 1 aromatic carbocycles. The second-order valence-electron chi connectivity index (χ2n) is 2.72. The van der Waals surface area contributed by atoms with Crippen molar-refractivity contribution in [2.75, 3.05) is 11.9 Å². The standard InChI is InChI=1S/C10H10Cl2NO2/c1-2-6-15-10(14)13-8-5-3-4-7(11)9(8)12/h3-5H,1-2,6H2,(H,13,14). The van der Waals surface area contributed by atoms with Crippen LogP contribution >= 0.6 is 23.2 Å². The number of carbonyl (C=O) groups is 1. The molecule has 1 amide bonds. The van der Waals surface area contributed by atoms with Crippen LogP contribution in [0.3, 0.4) is 0 Å². The summed E-state index contributed by atoms with van der Waals surface area (Å²) in [6, 6.07) is 4.96. The fraction of sp³-hybridized carbons (Fsp3) is 0.200. The summed E-state index contributed by atoms with van der Waals surface area (Å²) in [7, 11) is 0. The van der Waals surface area contributed by atoms with Crippen LogP contribution in [-0.4, -0.2) is 12.7 Å². The largest absolute Gasteiger partial charge is 0.449 e. The molecule has 0 atom stereocenters. The van der Waals surface area contributed by atoms with Crippen LogP contribution in [0.2, 0.25) is 10.0 Å². The van der Waals surface area contributed by atoms with Crippen molar-refractivity contribution in [3.63, 3.8) is 0 Å². The molecule has 1 N–H and O–H groups in total. The predicted molar refractivity (Wildman–Crippen MR) is 61.4 cm³/mol. The molecule has 0 fully saturated rings. The van der Waals surface area contributed by atoms with E-state index in [4.69, 9.17) is 27.9 Å². The minimum Gasteiger partial charge on any atom is -0.449 e. The van der Waals surface area contributed by atoms with E-state index in [0.29, 0.717) is 22.2 Å².